The Labute approximate surface area is 96.6 Å². The first-order valence-corrected chi connectivity index (χ1v) is 5.61. The van der Waals surface area contributed by atoms with Crippen LogP contribution >= 0.6 is 0 Å². The van der Waals surface area contributed by atoms with Crippen molar-refractivity contribution in [1.29, 1.82) is 0 Å². The minimum Gasteiger partial charge on any atom is -0.493 e. The number of benzene rings is 1. The highest BCUT2D eigenvalue weighted by molar-refractivity contribution is 5.83. The van der Waals surface area contributed by atoms with Crippen LogP contribution in [0.3, 0.4) is 0 Å². The molecule has 0 aliphatic rings. The highest BCUT2D eigenvalue weighted by Gasteiger charge is 2.10. The Bertz CT molecular complexity index is 350. The summed E-state index contributed by atoms with van der Waals surface area (Å²) in [6.45, 7) is 4.31. The molecule has 0 amide bonds. The molecule has 0 aliphatic heterocycles. The number of carbonyl (C=O) groups excluding carboxylic acids is 1. The highest BCUT2D eigenvalue weighted by Crippen LogP contribution is 2.12. The van der Waals surface area contributed by atoms with Crippen LogP contribution in [0.1, 0.15) is 25.3 Å². The Morgan fingerprint density at radius 3 is 2.88 bits per heavy atom. The first-order valence-electron chi connectivity index (χ1n) is 5.61. The van der Waals surface area contributed by atoms with Gasteiger partial charge in [-0.05, 0) is 31.0 Å². The van der Waals surface area contributed by atoms with Crippen LogP contribution in [0.5, 0.6) is 5.75 Å². The Morgan fingerprint density at radius 2 is 2.25 bits per heavy atom. The quantitative estimate of drug-likeness (QED) is 0.800. The fourth-order valence-electron chi connectivity index (χ4n) is 1.39. The van der Waals surface area contributed by atoms with Crippen LogP contribution in [-0.2, 0) is 4.79 Å². The van der Waals surface area contributed by atoms with Crippen LogP contribution < -0.4 is 10.5 Å². The van der Waals surface area contributed by atoms with Crippen molar-refractivity contribution in [3.05, 3.63) is 29.8 Å². The lowest BCUT2D eigenvalue weighted by molar-refractivity contribution is -0.120. The van der Waals surface area contributed by atoms with Crippen molar-refractivity contribution < 1.29 is 9.53 Å². The standard InChI is InChI=1S/C13H19NO2/c1-3-12(14)13(15)7-8-16-11-6-4-5-10(2)9-11/h4-6,9,12H,3,7-8,14H2,1-2H3. The zero-order chi connectivity index (χ0) is 12.0. The van der Waals surface area contributed by atoms with E-state index in [1.54, 1.807) is 0 Å². The highest BCUT2D eigenvalue weighted by atomic mass is 16.5. The number of Topliss-reactive ketones (excluding diaryl/α,β-unsaturated/α-hetero) is 1. The summed E-state index contributed by atoms with van der Waals surface area (Å²) in [6.07, 6.45) is 1.06. The summed E-state index contributed by atoms with van der Waals surface area (Å²) in [5.74, 6) is 0.869. The summed E-state index contributed by atoms with van der Waals surface area (Å²) < 4.78 is 5.48. The average molecular weight is 221 g/mol. The first kappa shape index (κ1) is 12.7. The fourth-order valence-corrected chi connectivity index (χ4v) is 1.39. The number of carbonyl (C=O) groups is 1. The van der Waals surface area contributed by atoms with Gasteiger partial charge in [-0.25, -0.2) is 0 Å². The Hall–Kier alpha value is -1.35. The first-order chi connectivity index (χ1) is 7.63. The molecule has 1 atom stereocenters. The number of aryl methyl sites for hydroxylation is 1. The van der Waals surface area contributed by atoms with E-state index < -0.39 is 0 Å². The van der Waals surface area contributed by atoms with Crippen LogP contribution in [0, 0.1) is 6.92 Å². The monoisotopic (exact) mass is 221 g/mol. The van der Waals surface area contributed by atoms with Gasteiger partial charge in [0.15, 0.2) is 5.78 Å². The largest absolute Gasteiger partial charge is 0.493 e. The summed E-state index contributed by atoms with van der Waals surface area (Å²) in [4.78, 5) is 11.4. The van der Waals surface area contributed by atoms with Gasteiger partial charge in [0.1, 0.15) is 5.75 Å². The van der Waals surface area contributed by atoms with Crippen molar-refractivity contribution in [2.45, 2.75) is 32.7 Å². The molecule has 16 heavy (non-hydrogen) atoms. The molecule has 3 heteroatoms. The van der Waals surface area contributed by atoms with Gasteiger partial charge in [-0.15, -0.1) is 0 Å². The van der Waals surface area contributed by atoms with Gasteiger partial charge in [0.25, 0.3) is 0 Å². The average Bonchev–Trinajstić information content (AvgIpc) is 2.28. The Morgan fingerprint density at radius 1 is 1.50 bits per heavy atom. The molecular weight excluding hydrogens is 202 g/mol. The molecule has 1 rings (SSSR count). The molecule has 88 valence electrons. The zero-order valence-corrected chi connectivity index (χ0v) is 9.90. The molecule has 3 nitrogen and oxygen atoms in total. The maximum atomic E-state index is 11.4. The van der Waals surface area contributed by atoms with Gasteiger partial charge in [-0.2, -0.15) is 0 Å². The molecule has 0 saturated carbocycles. The Kier molecular flexibility index (Phi) is 4.99. The molecular formula is C13H19NO2. The van der Waals surface area contributed by atoms with E-state index in [4.69, 9.17) is 10.5 Å². The number of rotatable bonds is 6. The van der Waals surface area contributed by atoms with E-state index in [2.05, 4.69) is 0 Å². The van der Waals surface area contributed by atoms with Crippen molar-refractivity contribution in [2.24, 2.45) is 5.73 Å². The zero-order valence-electron chi connectivity index (χ0n) is 9.90. The summed E-state index contributed by atoms with van der Waals surface area (Å²) in [6, 6.07) is 7.43. The van der Waals surface area contributed by atoms with E-state index in [1.807, 2.05) is 38.1 Å². The second-order valence-corrected chi connectivity index (χ2v) is 3.90. The van der Waals surface area contributed by atoms with Gasteiger partial charge in [0.05, 0.1) is 12.6 Å². The predicted octanol–water partition coefficient (Wildman–Crippen LogP) is 2.07. The number of hydrogen-bond acceptors (Lipinski definition) is 3. The third-order valence-electron chi connectivity index (χ3n) is 2.46. The summed E-state index contributed by atoms with van der Waals surface area (Å²) in [7, 11) is 0. The SMILES string of the molecule is CCC(N)C(=O)CCOc1cccc(C)c1. The molecule has 0 aliphatic carbocycles. The molecule has 0 spiro atoms. The van der Waals surface area contributed by atoms with Gasteiger partial charge < -0.3 is 10.5 Å². The van der Waals surface area contributed by atoms with Crippen molar-refractivity contribution in [2.75, 3.05) is 6.61 Å². The molecule has 1 aromatic rings. The molecule has 0 aromatic heterocycles. The summed E-state index contributed by atoms with van der Waals surface area (Å²) >= 11 is 0. The number of ether oxygens (including phenoxy) is 1. The molecule has 0 fully saturated rings. The fraction of sp³-hybridized carbons (Fsp3) is 0.462. The summed E-state index contributed by atoms with van der Waals surface area (Å²) in [5.41, 5.74) is 6.76. The van der Waals surface area contributed by atoms with E-state index >= 15 is 0 Å². The van der Waals surface area contributed by atoms with Crippen LogP contribution in [-0.4, -0.2) is 18.4 Å². The van der Waals surface area contributed by atoms with Gasteiger partial charge in [-0.3, -0.25) is 4.79 Å². The lowest BCUT2D eigenvalue weighted by Gasteiger charge is -2.09. The van der Waals surface area contributed by atoms with E-state index in [-0.39, 0.29) is 11.8 Å². The minimum absolute atomic E-state index is 0.0650. The van der Waals surface area contributed by atoms with E-state index in [0.717, 1.165) is 11.3 Å². The van der Waals surface area contributed by atoms with Crippen LogP contribution in [0.4, 0.5) is 0 Å². The molecule has 2 N–H and O–H groups in total. The molecule has 0 heterocycles. The summed E-state index contributed by atoms with van der Waals surface area (Å²) in [5, 5.41) is 0. The van der Waals surface area contributed by atoms with E-state index in [9.17, 15) is 4.79 Å². The van der Waals surface area contributed by atoms with Crippen molar-refractivity contribution in [1.82, 2.24) is 0 Å². The second kappa shape index (κ2) is 6.28. The normalized spacial score (nSPS) is 12.2. The van der Waals surface area contributed by atoms with E-state index in [0.29, 0.717) is 19.4 Å². The number of hydrogen-bond donors (Lipinski definition) is 1. The molecule has 0 saturated heterocycles. The molecule has 1 unspecified atom stereocenters. The number of nitrogens with two attached hydrogens (primary N) is 1. The van der Waals surface area contributed by atoms with Crippen LogP contribution in [0.25, 0.3) is 0 Å². The topological polar surface area (TPSA) is 52.3 Å². The van der Waals surface area contributed by atoms with Gasteiger partial charge in [0.2, 0.25) is 0 Å². The van der Waals surface area contributed by atoms with Gasteiger partial charge >= 0.3 is 0 Å². The number of ketones is 1. The lowest BCUT2D eigenvalue weighted by atomic mass is 10.1. The van der Waals surface area contributed by atoms with Gasteiger partial charge in [0, 0.05) is 6.42 Å². The van der Waals surface area contributed by atoms with Crippen molar-refractivity contribution >= 4 is 5.78 Å². The lowest BCUT2D eigenvalue weighted by Crippen LogP contribution is -2.30. The molecule has 0 bridgehead atoms. The third kappa shape index (κ3) is 4.03. The predicted molar refractivity (Wildman–Crippen MR) is 64.6 cm³/mol. The van der Waals surface area contributed by atoms with Crippen molar-refractivity contribution in [3.63, 3.8) is 0 Å². The minimum atomic E-state index is -0.346. The van der Waals surface area contributed by atoms with E-state index in [1.165, 1.54) is 0 Å². The van der Waals surface area contributed by atoms with Crippen LogP contribution in [0.15, 0.2) is 24.3 Å². The maximum absolute atomic E-state index is 11.4. The second-order valence-electron chi connectivity index (χ2n) is 3.90. The van der Waals surface area contributed by atoms with Gasteiger partial charge in [-0.1, -0.05) is 19.1 Å². The molecule has 1 aromatic carbocycles. The smallest absolute Gasteiger partial charge is 0.152 e. The Balaban J connectivity index is 2.33. The van der Waals surface area contributed by atoms with Crippen molar-refractivity contribution in [3.8, 4) is 5.75 Å². The third-order valence-corrected chi connectivity index (χ3v) is 2.46. The molecule has 0 radical (unpaired) electrons. The van der Waals surface area contributed by atoms with Crippen LogP contribution in [0.2, 0.25) is 0 Å². The maximum Gasteiger partial charge on any atom is 0.152 e.